The fourth-order valence-corrected chi connectivity index (χ4v) is 7.99. The summed E-state index contributed by atoms with van der Waals surface area (Å²) in [5, 5.41) is 23.2. The number of carbonyl (C=O) groups is 2. The van der Waals surface area contributed by atoms with Crippen LogP contribution in [-0.4, -0.2) is 47.4 Å². The highest BCUT2D eigenvalue weighted by Gasteiger charge is 2.20. The van der Waals surface area contributed by atoms with Crippen molar-refractivity contribution in [3.8, 4) is 0 Å². The Labute approximate surface area is 349 Å². The minimum atomic E-state index is -0.680. The maximum absolute atomic E-state index is 12.4. The fraction of sp³-hybridized carbons (Fsp3) is 0.960. The van der Waals surface area contributed by atoms with E-state index in [1.54, 1.807) is 0 Å². The summed E-state index contributed by atoms with van der Waals surface area (Å²) >= 11 is 0. The first kappa shape index (κ1) is 54.9. The van der Waals surface area contributed by atoms with Gasteiger partial charge < -0.3 is 20.3 Å². The van der Waals surface area contributed by atoms with E-state index in [1.807, 2.05) is 0 Å². The zero-order chi connectivity index (χ0) is 40.8. The third-order valence-electron chi connectivity index (χ3n) is 11.9. The topological polar surface area (TPSA) is 95.9 Å². The lowest BCUT2D eigenvalue weighted by Crippen LogP contribution is -2.45. The second kappa shape index (κ2) is 46.5. The predicted octanol–water partition coefficient (Wildman–Crippen LogP) is 14.8. The quantitative estimate of drug-likeness (QED) is 0.0421. The van der Waals surface area contributed by atoms with Gasteiger partial charge in [0, 0.05) is 12.8 Å². The van der Waals surface area contributed by atoms with E-state index in [2.05, 4.69) is 19.2 Å². The number of unbranched alkanes of at least 4 members (excludes halogenated alkanes) is 36. The standard InChI is InChI=1S/C50H99NO5/c1-3-5-7-9-11-13-15-16-17-18-19-20-21-22-24-26-30-34-38-42-48(53)47(46-52)51-49(54)43-39-35-31-27-25-29-33-37-41-45-56-50(55)44-40-36-32-28-23-14-12-10-8-6-4-2/h47-48,52-53H,3-46H2,1-2H3,(H,51,54). The Balaban J connectivity index is 3.48. The third-order valence-corrected chi connectivity index (χ3v) is 11.9. The van der Waals surface area contributed by atoms with Crippen LogP contribution >= 0.6 is 0 Å². The second-order valence-corrected chi connectivity index (χ2v) is 17.5. The molecule has 0 aliphatic carbocycles. The van der Waals surface area contributed by atoms with Crippen LogP contribution in [-0.2, 0) is 14.3 Å². The summed E-state index contributed by atoms with van der Waals surface area (Å²) in [6.45, 7) is 4.90. The Morgan fingerprint density at radius 2 is 0.732 bits per heavy atom. The molecule has 0 saturated heterocycles. The summed E-state index contributed by atoms with van der Waals surface area (Å²) in [5.41, 5.74) is 0. The van der Waals surface area contributed by atoms with Gasteiger partial charge in [0.25, 0.3) is 0 Å². The van der Waals surface area contributed by atoms with Crippen LogP contribution in [0.5, 0.6) is 0 Å². The lowest BCUT2D eigenvalue weighted by molar-refractivity contribution is -0.143. The summed E-state index contributed by atoms with van der Waals surface area (Å²) in [6.07, 6.45) is 50.7. The number of hydrogen-bond donors (Lipinski definition) is 3. The molecule has 0 spiro atoms. The van der Waals surface area contributed by atoms with Crippen LogP contribution in [0.2, 0.25) is 0 Å². The van der Waals surface area contributed by atoms with Crippen molar-refractivity contribution >= 4 is 11.9 Å². The van der Waals surface area contributed by atoms with E-state index < -0.39 is 12.1 Å². The van der Waals surface area contributed by atoms with Crippen molar-refractivity contribution in [1.29, 1.82) is 0 Å². The molecule has 6 heteroatoms. The molecule has 1 amide bonds. The first-order valence-electron chi connectivity index (χ1n) is 25.3. The summed E-state index contributed by atoms with van der Waals surface area (Å²) in [6, 6.07) is -0.559. The molecule has 0 saturated carbocycles. The molecule has 6 nitrogen and oxygen atoms in total. The normalized spacial score (nSPS) is 12.6. The molecule has 3 N–H and O–H groups in total. The van der Waals surface area contributed by atoms with Crippen molar-refractivity contribution in [2.24, 2.45) is 0 Å². The van der Waals surface area contributed by atoms with E-state index >= 15 is 0 Å². The largest absolute Gasteiger partial charge is 0.466 e. The van der Waals surface area contributed by atoms with Crippen molar-refractivity contribution in [3.63, 3.8) is 0 Å². The Kier molecular flexibility index (Phi) is 45.6. The number of ether oxygens (including phenoxy) is 1. The molecule has 2 unspecified atom stereocenters. The summed E-state index contributed by atoms with van der Waals surface area (Å²) in [5.74, 6) is -0.0838. The molecule has 0 radical (unpaired) electrons. The summed E-state index contributed by atoms with van der Waals surface area (Å²) in [4.78, 5) is 24.4. The Morgan fingerprint density at radius 1 is 0.429 bits per heavy atom. The Hall–Kier alpha value is -1.14. The number of aliphatic hydroxyl groups excluding tert-OH is 2. The van der Waals surface area contributed by atoms with E-state index in [0.717, 1.165) is 57.8 Å². The van der Waals surface area contributed by atoms with Gasteiger partial charge in [-0.05, 0) is 25.7 Å². The number of esters is 1. The molecule has 0 aliphatic heterocycles. The van der Waals surface area contributed by atoms with Crippen LogP contribution in [0, 0.1) is 0 Å². The molecule has 0 aromatic carbocycles. The Bertz CT molecular complexity index is 791. The van der Waals surface area contributed by atoms with Gasteiger partial charge in [-0.1, -0.05) is 245 Å². The Morgan fingerprint density at radius 3 is 1.09 bits per heavy atom. The molecule has 56 heavy (non-hydrogen) atoms. The van der Waals surface area contributed by atoms with Crippen LogP contribution in [0.4, 0.5) is 0 Å². The van der Waals surface area contributed by atoms with E-state index in [4.69, 9.17) is 4.74 Å². The number of rotatable bonds is 47. The molecule has 0 fully saturated rings. The van der Waals surface area contributed by atoms with Crippen LogP contribution in [0.1, 0.15) is 284 Å². The summed E-state index contributed by atoms with van der Waals surface area (Å²) < 4.78 is 5.43. The SMILES string of the molecule is CCCCCCCCCCCCCCCCCCCCCC(O)C(CO)NC(=O)CCCCCCCCCCCOC(=O)CCCCCCCCCCCCC. The average Bonchev–Trinajstić information content (AvgIpc) is 3.20. The number of amides is 1. The minimum Gasteiger partial charge on any atom is -0.466 e. The van der Waals surface area contributed by atoms with Crippen LogP contribution in [0.15, 0.2) is 0 Å². The molecular weight excluding hydrogens is 695 g/mol. The highest BCUT2D eigenvalue weighted by atomic mass is 16.5. The van der Waals surface area contributed by atoms with Crippen molar-refractivity contribution in [2.45, 2.75) is 296 Å². The second-order valence-electron chi connectivity index (χ2n) is 17.5. The molecule has 0 aliphatic rings. The average molecular weight is 794 g/mol. The highest BCUT2D eigenvalue weighted by Crippen LogP contribution is 2.17. The first-order chi connectivity index (χ1) is 27.5. The van der Waals surface area contributed by atoms with Gasteiger partial charge in [-0.2, -0.15) is 0 Å². The lowest BCUT2D eigenvalue weighted by Gasteiger charge is -2.22. The smallest absolute Gasteiger partial charge is 0.305 e. The number of carbonyl (C=O) groups excluding carboxylic acids is 2. The van der Waals surface area contributed by atoms with Crippen molar-refractivity contribution in [2.75, 3.05) is 13.2 Å². The predicted molar refractivity (Wildman–Crippen MR) is 241 cm³/mol. The number of nitrogens with one attached hydrogen (secondary N) is 1. The minimum absolute atomic E-state index is 0.0243. The van der Waals surface area contributed by atoms with Crippen LogP contribution in [0.25, 0.3) is 0 Å². The van der Waals surface area contributed by atoms with Crippen molar-refractivity contribution in [3.05, 3.63) is 0 Å². The van der Waals surface area contributed by atoms with Gasteiger partial charge >= 0.3 is 5.97 Å². The summed E-state index contributed by atoms with van der Waals surface area (Å²) in [7, 11) is 0. The van der Waals surface area contributed by atoms with E-state index in [-0.39, 0.29) is 18.5 Å². The highest BCUT2D eigenvalue weighted by molar-refractivity contribution is 5.76. The van der Waals surface area contributed by atoms with Gasteiger partial charge in [0.15, 0.2) is 0 Å². The molecule has 334 valence electrons. The molecule has 0 rings (SSSR count). The van der Waals surface area contributed by atoms with E-state index in [1.165, 1.54) is 193 Å². The van der Waals surface area contributed by atoms with Crippen molar-refractivity contribution in [1.82, 2.24) is 5.32 Å². The lowest BCUT2D eigenvalue weighted by atomic mass is 10.0. The monoisotopic (exact) mass is 794 g/mol. The molecule has 0 heterocycles. The van der Waals surface area contributed by atoms with Crippen LogP contribution < -0.4 is 5.32 Å². The van der Waals surface area contributed by atoms with Gasteiger partial charge in [-0.15, -0.1) is 0 Å². The molecule has 0 aromatic rings. The third kappa shape index (κ3) is 42.5. The molecule has 0 aromatic heterocycles. The zero-order valence-electron chi connectivity index (χ0n) is 37.9. The van der Waals surface area contributed by atoms with Crippen LogP contribution in [0.3, 0.4) is 0 Å². The zero-order valence-corrected chi connectivity index (χ0v) is 37.9. The molecular formula is C50H99NO5. The maximum Gasteiger partial charge on any atom is 0.305 e. The molecule has 0 bridgehead atoms. The van der Waals surface area contributed by atoms with Gasteiger partial charge in [-0.3, -0.25) is 9.59 Å². The fourth-order valence-electron chi connectivity index (χ4n) is 7.99. The number of hydrogen-bond acceptors (Lipinski definition) is 5. The van der Waals surface area contributed by atoms with Gasteiger partial charge in [0.1, 0.15) is 0 Å². The van der Waals surface area contributed by atoms with Gasteiger partial charge in [0.2, 0.25) is 5.91 Å². The van der Waals surface area contributed by atoms with Gasteiger partial charge in [-0.25, -0.2) is 0 Å². The van der Waals surface area contributed by atoms with E-state index in [9.17, 15) is 19.8 Å². The van der Waals surface area contributed by atoms with E-state index in [0.29, 0.717) is 25.9 Å². The first-order valence-corrected chi connectivity index (χ1v) is 25.3. The maximum atomic E-state index is 12.4. The van der Waals surface area contributed by atoms with Gasteiger partial charge in [0.05, 0.1) is 25.4 Å². The molecule has 2 atom stereocenters. The number of aliphatic hydroxyl groups is 2. The van der Waals surface area contributed by atoms with Crippen molar-refractivity contribution < 1.29 is 24.5 Å².